The number of fused-ring (bicyclic) bond motifs is 1. The molecule has 0 bridgehead atoms. The molecule has 4 rings (SSSR count). The number of allylic oxidation sites excluding steroid dienone is 2. The lowest BCUT2D eigenvalue weighted by Gasteiger charge is -2.45. The zero-order valence-electron chi connectivity index (χ0n) is 16.4. The fourth-order valence-electron chi connectivity index (χ4n) is 3.99. The van der Waals surface area contributed by atoms with Crippen LogP contribution in [0.25, 0.3) is 0 Å². The largest absolute Gasteiger partial charge is 0.502 e. The van der Waals surface area contributed by atoms with Gasteiger partial charge < -0.3 is 19.8 Å². The van der Waals surface area contributed by atoms with Gasteiger partial charge in [0, 0.05) is 45.5 Å². The summed E-state index contributed by atoms with van der Waals surface area (Å²) in [5, 5.41) is 10.8. The molecule has 1 aromatic carbocycles. The minimum Gasteiger partial charge on any atom is -0.502 e. The zero-order chi connectivity index (χ0) is 19.5. The van der Waals surface area contributed by atoms with Crippen LogP contribution in [-0.2, 0) is 11.2 Å². The number of benzene rings is 1. The Kier molecular flexibility index (Phi) is 5.50. The number of likely N-dealkylation sites (N-methyl/N-ethyl adjacent to an activating group) is 1. The van der Waals surface area contributed by atoms with Crippen LogP contribution in [0, 0.1) is 0 Å². The first-order valence-corrected chi connectivity index (χ1v) is 9.95. The molecule has 1 aromatic rings. The van der Waals surface area contributed by atoms with Crippen molar-refractivity contribution in [1.29, 1.82) is 0 Å². The molecule has 148 valence electrons. The van der Waals surface area contributed by atoms with Gasteiger partial charge in [-0.25, -0.2) is 0 Å². The van der Waals surface area contributed by atoms with Gasteiger partial charge in [0.05, 0.1) is 5.70 Å². The van der Waals surface area contributed by atoms with Crippen molar-refractivity contribution in [2.24, 2.45) is 0 Å². The van der Waals surface area contributed by atoms with Crippen LogP contribution in [0.15, 0.2) is 66.2 Å². The molecule has 3 aliphatic rings. The molecule has 1 amide bonds. The lowest BCUT2D eigenvalue weighted by Crippen LogP contribution is -2.56. The van der Waals surface area contributed by atoms with E-state index in [2.05, 4.69) is 29.0 Å². The smallest absolute Gasteiger partial charge is 0.292 e. The fraction of sp³-hybridized carbons (Fsp3) is 0.409. The topological polar surface area (TPSA) is 50.3 Å². The molecule has 1 fully saturated rings. The van der Waals surface area contributed by atoms with Crippen LogP contribution in [0.3, 0.4) is 0 Å². The van der Waals surface area contributed by atoms with E-state index < -0.39 is 0 Å². The molecule has 1 N–H and O–H groups in total. The molecule has 0 spiro atoms. The van der Waals surface area contributed by atoms with E-state index in [-0.39, 0.29) is 17.8 Å². The summed E-state index contributed by atoms with van der Waals surface area (Å²) in [5.74, 6) is -0.399. The molecule has 3 aliphatic heterocycles. The number of nitrogens with zero attached hydrogens (tertiary/aromatic N) is 4. The van der Waals surface area contributed by atoms with Gasteiger partial charge in [-0.2, -0.15) is 0 Å². The quantitative estimate of drug-likeness (QED) is 0.844. The van der Waals surface area contributed by atoms with Crippen LogP contribution in [-0.4, -0.2) is 83.1 Å². The predicted octanol–water partition coefficient (Wildman–Crippen LogP) is 1.80. The van der Waals surface area contributed by atoms with E-state index in [1.165, 1.54) is 5.56 Å². The molecule has 3 heterocycles. The van der Waals surface area contributed by atoms with Crippen molar-refractivity contribution >= 4 is 5.91 Å². The van der Waals surface area contributed by atoms with Crippen molar-refractivity contribution in [3.8, 4) is 0 Å². The summed E-state index contributed by atoms with van der Waals surface area (Å²) in [4.78, 5) is 21.4. The summed E-state index contributed by atoms with van der Waals surface area (Å²) < 4.78 is 0. The Labute approximate surface area is 166 Å². The van der Waals surface area contributed by atoms with Crippen LogP contribution in [0.4, 0.5) is 0 Å². The Morgan fingerprint density at radius 2 is 1.82 bits per heavy atom. The van der Waals surface area contributed by atoms with E-state index in [0.717, 1.165) is 32.6 Å². The van der Waals surface area contributed by atoms with Gasteiger partial charge >= 0.3 is 0 Å². The molecule has 1 unspecified atom stereocenters. The normalized spacial score (nSPS) is 23.5. The Morgan fingerprint density at radius 1 is 1.07 bits per heavy atom. The van der Waals surface area contributed by atoms with E-state index in [1.807, 2.05) is 47.5 Å². The first-order valence-electron chi connectivity index (χ1n) is 9.95. The lowest BCUT2D eigenvalue weighted by atomic mass is 10.1. The number of hydrogen-bond acceptors (Lipinski definition) is 5. The number of aliphatic hydroxyl groups is 1. The number of rotatable bonds is 5. The Bertz CT molecular complexity index is 794. The maximum absolute atomic E-state index is 13.0. The van der Waals surface area contributed by atoms with Crippen molar-refractivity contribution in [2.45, 2.75) is 12.6 Å². The second-order valence-corrected chi connectivity index (χ2v) is 7.66. The molecule has 0 aliphatic carbocycles. The molecule has 28 heavy (non-hydrogen) atoms. The number of carbonyl (C=O) groups excluding carboxylic acids is 1. The number of carbonyl (C=O) groups is 1. The summed E-state index contributed by atoms with van der Waals surface area (Å²) in [6.45, 7) is 5.05. The van der Waals surface area contributed by atoms with Gasteiger partial charge in [0.2, 0.25) is 5.76 Å². The van der Waals surface area contributed by atoms with E-state index >= 15 is 0 Å². The fourth-order valence-corrected chi connectivity index (χ4v) is 3.99. The summed E-state index contributed by atoms with van der Waals surface area (Å²) in [6.07, 6.45) is 8.50. The third kappa shape index (κ3) is 3.84. The highest BCUT2D eigenvalue weighted by Crippen LogP contribution is 2.28. The summed E-state index contributed by atoms with van der Waals surface area (Å²) >= 11 is 0. The Hall–Kier alpha value is -2.57. The zero-order valence-corrected chi connectivity index (χ0v) is 16.4. The van der Waals surface area contributed by atoms with Crippen molar-refractivity contribution in [1.82, 2.24) is 19.6 Å². The number of hydrogen-bond donors (Lipinski definition) is 1. The Morgan fingerprint density at radius 3 is 2.57 bits per heavy atom. The van der Waals surface area contributed by atoms with Crippen molar-refractivity contribution < 1.29 is 9.90 Å². The molecule has 1 saturated heterocycles. The summed E-state index contributed by atoms with van der Waals surface area (Å²) in [6, 6.07) is 10.1. The van der Waals surface area contributed by atoms with Crippen molar-refractivity contribution in [3.05, 3.63) is 71.8 Å². The number of piperazine rings is 1. The second-order valence-electron chi connectivity index (χ2n) is 7.66. The second kappa shape index (κ2) is 8.20. The van der Waals surface area contributed by atoms with E-state index in [4.69, 9.17) is 0 Å². The van der Waals surface area contributed by atoms with Crippen LogP contribution in [0.2, 0.25) is 0 Å². The molecule has 6 heteroatoms. The van der Waals surface area contributed by atoms with E-state index in [9.17, 15) is 9.90 Å². The van der Waals surface area contributed by atoms with E-state index in [1.54, 1.807) is 4.90 Å². The highest BCUT2D eigenvalue weighted by atomic mass is 16.3. The number of aliphatic hydroxyl groups excluding tert-OH is 1. The minimum absolute atomic E-state index is 0.122. The molecular weight excluding hydrogens is 352 g/mol. The third-order valence-corrected chi connectivity index (χ3v) is 5.75. The van der Waals surface area contributed by atoms with Gasteiger partial charge in [0.25, 0.3) is 5.91 Å². The van der Waals surface area contributed by atoms with Gasteiger partial charge in [0.1, 0.15) is 6.17 Å². The monoisotopic (exact) mass is 380 g/mol. The maximum atomic E-state index is 13.0. The van der Waals surface area contributed by atoms with Crippen LogP contribution in [0.1, 0.15) is 5.56 Å². The number of amides is 1. The average molecular weight is 380 g/mol. The highest BCUT2D eigenvalue weighted by Gasteiger charge is 2.38. The summed E-state index contributed by atoms with van der Waals surface area (Å²) in [5.41, 5.74) is 1.89. The van der Waals surface area contributed by atoms with Gasteiger partial charge in [-0.1, -0.05) is 36.4 Å². The van der Waals surface area contributed by atoms with E-state index in [0.29, 0.717) is 18.8 Å². The van der Waals surface area contributed by atoms with Gasteiger partial charge in [0.15, 0.2) is 0 Å². The Balaban J connectivity index is 1.53. The molecule has 0 saturated carbocycles. The first-order chi connectivity index (χ1) is 13.6. The minimum atomic E-state index is -0.277. The van der Waals surface area contributed by atoms with Crippen LogP contribution >= 0.6 is 0 Å². The molecule has 6 nitrogen and oxygen atoms in total. The van der Waals surface area contributed by atoms with Crippen LogP contribution < -0.4 is 0 Å². The third-order valence-electron chi connectivity index (χ3n) is 5.75. The summed E-state index contributed by atoms with van der Waals surface area (Å²) in [7, 11) is 2.12. The van der Waals surface area contributed by atoms with Crippen LogP contribution in [0.5, 0.6) is 0 Å². The molecule has 0 radical (unpaired) electrons. The first kappa shape index (κ1) is 18.8. The maximum Gasteiger partial charge on any atom is 0.292 e. The average Bonchev–Trinajstić information content (AvgIpc) is 2.73. The molecule has 0 aromatic heterocycles. The standard InChI is InChI=1S/C22H28N4O2/c1-23-13-15-24(16-14-23)17-19-21(27)22(28)26(20-9-5-6-11-25(19)20)12-10-18-7-3-2-4-8-18/h2-9,11,20,27H,10,12-17H2,1H3. The van der Waals surface area contributed by atoms with Gasteiger partial charge in [-0.15, -0.1) is 0 Å². The van der Waals surface area contributed by atoms with Crippen molar-refractivity contribution in [3.63, 3.8) is 0 Å². The predicted molar refractivity (Wildman–Crippen MR) is 109 cm³/mol. The molecule has 1 atom stereocenters. The SMILES string of the molecule is CN1CCN(CC2=C(O)C(=O)N(CCc3ccccc3)C3C=CC=CN23)CC1. The van der Waals surface area contributed by atoms with Gasteiger partial charge in [-0.3, -0.25) is 9.69 Å². The lowest BCUT2D eigenvalue weighted by molar-refractivity contribution is -0.136. The van der Waals surface area contributed by atoms with Gasteiger partial charge in [-0.05, 0) is 31.2 Å². The highest BCUT2D eigenvalue weighted by molar-refractivity contribution is 5.93. The molecular formula is C22H28N4O2. The van der Waals surface area contributed by atoms with Crippen molar-refractivity contribution in [2.75, 3.05) is 46.3 Å².